The summed E-state index contributed by atoms with van der Waals surface area (Å²) in [6, 6.07) is 18.0. The first-order valence-corrected chi connectivity index (χ1v) is 8.28. The van der Waals surface area contributed by atoms with Gasteiger partial charge in [0.2, 0.25) is 0 Å². The molecule has 0 bridgehead atoms. The summed E-state index contributed by atoms with van der Waals surface area (Å²) >= 11 is 0. The Balaban J connectivity index is 1.73. The molecule has 0 aromatic heterocycles. The number of esters is 1. The lowest BCUT2D eigenvalue weighted by atomic mass is 10.1. The standard InChI is InChI=1S/C21H14N2O4/c1-13-6-9-17(23(25)26)11-18(13)22-19-12-20(27-21(19)24)16-8-7-14-4-2-3-5-15(14)10-16/h2-12H,1H3. The lowest BCUT2D eigenvalue weighted by Crippen LogP contribution is -2.06. The summed E-state index contributed by atoms with van der Waals surface area (Å²) in [6.07, 6.45) is 1.56. The summed E-state index contributed by atoms with van der Waals surface area (Å²) in [4.78, 5) is 27.0. The van der Waals surface area contributed by atoms with Crippen molar-refractivity contribution >= 4 is 39.6 Å². The summed E-state index contributed by atoms with van der Waals surface area (Å²) in [6.45, 7) is 1.78. The number of carbonyl (C=O) groups excluding carboxylic acids is 1. The third-order valence-corrected chi connectivity index (χ3v) is 4.36. The highest BCUT2D eigenvalue weighted by Crippen LogP contribution is 2.29. The van der Waals surface area contributed by atoms with Gasteiger partial charge >= 0.3 is 5.97 Å². The van der Waals surface area contributed by atoms with Crippen molar-refractivity contribution in [2.75, 3.05) is 0 Å². The van der Waals surface area contributed by atoms with Gasteiger partial charge in [-0.05, 0) is 29.3 Å². The van der Waals surface area contributed by atoms with Gasteiger partial charge in [0.05, 0.1) is 10.6 Å². The van der Waals surface area contributed by atoms with Crippen molar-refractivity contribution in [3.8, 4) is 0 Å². The van der Waals surface area contributed by atoms with Gasteiger partial charge in [-0.1, -0.05) is 42.5 Å². The fourth-order valence-electron chi connectivity index (χ4n) is 2.89. The zero-order valence-corrected chi connectivity index (χ0v) is 14.4. The summed E-state index contributed by atoms with van der Waals surface area (Å²) in [7, 11) is 0. The molecule has 0 saturated carbocycles. The minimum Gasteiger partial charge on any atom is -0.421 e. The number of aryl methyl sites for hydroxylation is 1. The van der Waals surface area contributed by atoms with Crippen LogP contribution >= 0.6 is 0 Å². The number of nitro benzene ring substituents is 1. The molecule has 0 unspecified atom stereocenters. The van der Waals surface area contributed by atoms with Crippen LogP contribution in [0.15, 0.2) is 71.7 Å². The third-order valence-electron chi connectivity index (χ3n) is 4.36. The lowest BCUT2D eigenvalue weighted by Gasteiger charge is -2.03. The zero-order valence-electron chi connectivity index (χ0n) is 14.4. The van der Waals surface area contributed by atoms with Gasteiger partial charge < -0.3 is 4.74 Å². The monoisotopic (exact) mass is 358 g/mol. The van der Waals surface area contributed by atoms with E-state index in [1.54, 1.807) is 19.1 Å². The van der Waals surface area contributed by atoms with Gasteiger partial charge in [-0.15, -0.1) is 0 Å². The summed E-state index contributed by atoms with van der Waals surface area (Å²) in [5.41, 5.74) is 1.90. The van der Waals surface area contributed by atoms with Crippen LogP contribution < -0.4 is 0 Å². The molecule has 6 nitrogen and oxygen atoms in total. The molecule has 132 valence electrons. The minimum absolute atomic E-state index is 0.0787. The number of ether oxygens (including phenoxy) is 1. The predicted octanol–water partition coefficient (Wildman–Crippen LogP) is 4.73. The molecule has 1 aliphatic rings. The molecule has 3 aromatic carbocycles. The number of rotatable bonds is 3. The fraction of sp³-hybridized carbons (Fsp3) is 0.0476. The van der Waals surface area contributed by atoms with Crippen molar-refractivity contribution in [3.63, 3.8) is 0 Å². The Hall–Kier alpha value is -3.80. The van der Waals surface area contributed by atoms with Gasteiger partial charge in [0.15, 0.2) is 5.71 Å². The highest BCUT2D eigenvalue weighted by Gasteiger charge is 2.24. The van der Waals surface area contributed by atoms with E-state index < -0.39 is 10.9 Å². The highest BCUT2D eigenvalue weighted by molar-refractivity contribution is 6.46. The Morgan fingerprint density at radius 2 is 1.78 bits per heavy atom. The SMILES string of the molecule is Cc1ccc([N+](=O)[O-])cc1N=C1C=C(c2ccc3ccccc3c2)OC1=O. The number of carbonyl (C=O) groups is 1. The molecule has 0 radical (unpaired) electrons. The van der Waals surface area contributed by atoms with Crippen molar-refractivity contribution in [2.24, 2.45) is 4.99 Å². The number of hydrogen-bond donors (Lipinski definition) is 0. The molecular formula is C21H14N2O4. The zero-order chi connectivity index (χ0) is 19.0. The van der Waals surface area contributed by atoms with Gasteiger partial charge in [-0.25, -0.2) is 9.79 Å². The number of aliphatic imine (C=N–C) groups is 1. The van der Waals surface area contributed by atoms with Gasteiger partial charge in [0.1, 0.15) is 5.76 Å². The van der Waals surface area contributed by atoms with Crippen LogP contribution in [0.5, 0.6) is 0 Å². The molecule has 0 saturated heterocycles. The average Bonchev–Trinajstić information content (AvgIpc) is 3.03. The largest absolute Gasteiger partial charge is 0.421 e. The Morgan fingerprint density at radius 3 is 2.56 bits per heavy atom. The summed E-state index contributed by atoms with van der Waals surface area (Å²) in [5.74, 6) is -0.170. The fourth-order valence-corrected chi connectivity index (χ4v) is 2.89. The first kappa shape index (κ1) is 16.7. The van der Waals surface area contributed by atoms with E-state index in [0.29, 0.717) is 11.4 Å². The molecule has 0 amide bonds. The maximum atomic E-state index is 12.2. The van der Waals surface area contributed by atoms with Crippen LogP contribution in [-0.4, -0.2) is 16.6 Å². The van der Waals surface area contributed by atoms with Crippen molar-refractivity contribution < 1.29 is 14.5 Å². The van der Waals surface area contributed by atoms with E-state index >= 15 is 0 Å². The van der Waals surface area contributed by atoms with E-state index in [4.69, 9.17) is 4.74 Å². The second-order valence-electron chi connectivity index (χ2n) is 6.18. The van der Waals surface area contributed by atoms with Crippen molar-refractivity contribution in [3.05, 3.63) is 88.0 Å². The number of fused-ring (bicyclic) bond motifs is 1. The number of hydrogen-bond acceptors (Lipinski definition) is 5. The Bertz CT molecular complexity index is 1160. The number of nitrogens with zero attached hydrogens (tertiary/aromatic N) is 2. The van der Waals surface area contributed by atoms with E-state index in [1.165, 1.54) is 12.1 Å². The molecule has 4 rings (SSSR count). The van der Waals surface area contributed by atoms with E-state index in [2.05, 4.69) is 4.99 Å². The summed E-state index contributed by atoms with van der Waals surface area (Å²) in [5, 5.41) is 13.1. The van der Waals surface area contributed by atoms with E-state index in [9.17, 15) is 14.9 Å². The van der Waals surface area contributed by atoms with E-state index in [1.807, 2.05) is 42.5 Å². The first-order valence-electron chi connectivity index (χ1n) is 8.28. The molecule has 0 spiro atoms. The molecule has 27 heavy (non-hydrogen) atoms. The van der Waals surface area contributed by atoms with Crippen LogP contribution in [-0.2, 0) is 9.53 Å². The smallest absolute Gasteiger partial charge is 0.362 e. The third kappa shape index (κ3) is 3.20. The lowest BCUT2D eigenvalue weighted by molar-refractivity contribution is -0.384. The van der Waals surface area contributed by atoms with Crippen LogP contribution in [0.25, 0.3) is 16.5 Å². The Labute approximate surface area is 154 Å². The van der Waals surface area contributed by atoms with Crippen molar-refractivity contribution in [2.45, 2.75) is 6.92 Å². The van der Waals surface area contributed by atoms with Crippen LogP contribution in [0.3, 0.4) is 0 Å². The number of cyclic esters (lactones) is 1. The van der Waals surface area contributed by atoms with Gasteiger partial charge in [-0.3, -0.25) is 10.1 Å². The number of nitro groups is 1. The highest BCUT2D eigenvalue weighted by atomic mass is 16.6. The Morgan fingerprint density at radius 1 is 1.00 bits per heavy atom. The summed E-state index contributed by atoms with van der Waals surface area (Å²) < 4.78 is 5.36. The maximum Gasteiger partial charge on any atom is 0.362 e. The number of benzene rings is 3. The molecule has 3 aromatic rings. The molecule has 0 N–H and O–H groups in total. The second kappa shape index (κ2) is 6.49. The van der Waals surface area contributed by atoms with Crippen LogP contribution in [0.4, 0.5) is 11.4 Å². The van der Waals surface area contributed by atoms with Gasteiger partial charge in [0.25, 0.3) is 5.69 Å². The molecule has 0 atom stereocenters. The number of non-ortho nitro benzene ring substituents is 1. The molecular weight excluding hydrogens is 344 g/mol. The minimum atomic E-state index is -0.580. The van der Waals surface area contributed by atoms with Crippen molar-refractivity contribution in [1.82, 2.24) is 0 Å². The molecule has 6 heteroatoms. The van der Waals surface area contributed by atoms with E-state index in [0.717, 1.165) is 21.9 Å². The Kier molecular flexibility index (Phi) is 4.01. The van der Waals surface area contributed by atoms with Crippen molar-refractivity contribution in [1.29, 1.82) is 0 Å². The van der Waals surface area contributed by atoms with Crippen LogP contribution in [0.1, 0.15) is 11.1 Å². The van der Waals surface area contributed by atoms with Crippen LogP contribution in [0.2, 0.25) is 0 Å². The average molecular weight is 358 g/mol. The maximum absolute atomic E-state index is 12.2. The quantitative estimate of drug-likeness (QED) is 0.385. The molecule has 0 fully saturated rings. The van der Waals surface area contributed by atoms with E-state index in [-0.39, 0.29) is 11.4 Å². The molecule has 1 heterocycles. The predicted molar refractivity (Wildman–Crippen MR) is 103 cm³/mol. The normalized spacial score (nSPS) is 15.1. The van der Waals surface area contributed by atoms with Crippen LogP contribution in [0, 0.1) is 17.0 Å². The molecule has 1 aliphatic heterocycles. The van der Waals surface area contributed by atoms with Gasteiger partial charge in [0, 0.05) is 23.8 Å². The second-order valence-corrected chi connectivity index (χ2v) is 6.18. The van der Waals surface area contributed by atoms with Gasteiger partial charge in [-0.2, -0.15) is 0 Å². The first-order chi connectivity index (χ1) is 13.0. The topological polar surface area (TPSA) is 81.8 Å². The molecule has 0 aliphatic carbocycles.